The third-order valence-electron chi connectivity index (χ3n) is 8.22. The highest BCUT2D eigenvalue weighted by Gasteiger charge is 2.30. The Morgan fingerprint density at radius 3 is 1.95 bits per heavy atom. The van der Waals surface area contributed by atoms with Crippen LogP contribution in [0.1, 0.15) is 29.2 Å². The van der Waals surface area contributed by atoms with Gasteiger partial charge in [0, 0.05) is 37.0 Å². The van der Waals surface area contributed by atoms with Crippen LogP contribution in [0.4, 0.5) is 5.69 Å². The molecule has 57 heavy (non-hydrogen) atoms. The van der Waals surface area contributed by atoms with Crippen LogP contribution < -0.4 is 9.04 Å². The number of hydrogen-bond acceptors (Lipinski definition) is 10. The number of nitrogens with zero attached hydrogens (tertiary/aromatic N) is 4. The number of benzene rings is 3. The minimum absolute atomic E-state index is 0.0586. The first-order valence-corrected chi connectivity index (χ1v) is 20.1. The molecule has 15 heteroatoms. The molecule has 13 nitrogen and oxygen atoms in total. The maximum atomic E-state index is 13.2. The van der Waals surface area contributed by atoms with Crippen molar-refractivity contribution in [3.63, 3.8) is 0 Å². The van der Waals surface area contributed by atoms with Gasteiger partial charge in [0.1, 0.15) is 0 Å². The number of rotatable bonds is 10. The number of hydrogen-bond donors (Lipinski definition) is 3. The molecule has 0 spiro atoms. The van der Waals surface area contributed by atoms with E-state index >= 15 is 0 Å². The highest BCUT2D eigenvalue weighted by atomic mass is 32.2. The average molecular weight is 807 g/mol. The van der Waals surface area contributed by atoms with Crippen LogP contribution in [0.5, 0.6) is 0 Å². The Kier molecular flexibility index (Phi) is 13.8. The maximum Gasteiger partial charge on any atom is 0.282 e. The van der Waals surface area contributed by atoms with Crippen LogP contribution in [0.2, 0.25) is 0 Å². The number of carbonyl (C=O) groups is 1. The molecule has 0 saturated heterocycles. The van der Waals surface area contributed by atoms with Crippen LogP contribution in [0.15, 0.2) is 184 Å². The molecule has 0 bridgehead atoms. The Morgan fingerprint density at radius 1 is 0.772 bits per heavy atom. The van der Waals surface area contributed by atoms with E-state index in [4.69, 9.17) is 5.11 Å². The van der Waals surface area contributed by atoms with Gasteiger partial charge in [-0.1, -0.05) is 85.0 Å². The van der Waals surface area contributed by atoms with Gasteiger partial charge in [-0.3, -0.25) is 10.0 Å². The Labute approximate surface area is 330 Å². The lowest BCUT2D eigenvalue weighted by Gasteiger charge is -2.23. The van der Waals surface area contributed by atoms with Crippen molar-refractivity contribution in [1.82, 2.24) is 5.06 Å². The first-order valence-electron chi connectivity index (χ1n) is 17.2. The number of aliphatic hydroxyl groups excluding tert-OH is 2. The number of allylic oxidation sites excluding steroid dienone is 10. The summed E-state index contributed by atoms with van der Waals surface area (Å²) in [7, 11) is -8.04. The first-order chi connectivity index (χ1) is 27.3. The van der Waals surface area contributed by atoms with E-state index in [2.05, 4.69) is 4.40 Å². The third-order valence-corrected chi connectivity index (χ3v) is 11.3. The van der Waals surface area contributed by atoms with E-state index in [1.54, 1.807) is 109 Å². The fraction of sp³-hybridized carbons (Fsp3) is 0.0714. The number of carbonyl (C=O) groups excluding carboxylic acids is 1. The third kappa shape index (κ3) is 11.1. The van der Waals surface area contributed by atoms with Crippen LogP contribution in [0.3, 0.4) is 0 Å². The van der Waals surface area contributed by atoms with Crippen molar-refractivity contribution in [3.05, 3.63) is 197 Å². The summed E-state index contributed by atoms with van der Waals surface area (Å²) in [5.74, 6) is -0.658. The summed E-state index contributed by atoms with van der Waals surface area (Å²) < 4.78 is 57.0. The predicted molar refractivity (Wildman–Crippen MR) is 217 cm³/mol. The second-order valence-corrected chi connectivity index (χ2v) is 15.6. The molecule has 1 aliphatic carbocycles. The molecule has 2 aliphatic rings. The zero-order chi connectivity index (χ0) is 41.0. The minimum atomic E-state index is -4.17. The molecule has 0 fully saturated rings. The lowest BCUT2D eigenvalue weighted by molar-refractivity contribution is -0.605. The van der Waals surface area contributed by atoms with E-state index < -0.39 is 26.0 Å². The fourth-order valence-electron chi connectivity index (χ4n) is 5.26. The number of para-hydroxylation sites is 1. The van der Waals surface area contributed by atoms with E-state index in [1.165, 1.54) is 68.1 Å². The van der Waals surface area contributed by atoms with Crippen molar-refractivity contribution in [2.75, 3.05) is 4.31 Å². The van der Waals surface area contributed by atoms with Crippen LogP contribution in [-0.4, -0.2) is 48.9 Å². The van der Waals surface area contributed by atoms with Gasteiger partial charge in [-0.2, -0.15) is 17.5 Å². The largest absolute Gasteiger partial charge is 0.619 e. The van der Waals surface area contributed by atoms with Crippen molar-refractivity contribution in [2.45, 2.75) is 29.9 Å². The number of pyridine rings is 1. The number of amides is 1. The second kappa shape index (κ2) is 18.9. The van der Waals surface area contributed by atoms with Crippen LogP contribution >= 0.6 is 0 Å². The van der Waals surface area contributed by atoms with Crippen molar-refractivity contribution >= 4 is 49.5 Å². The molecule has 6 rings (SSSR count). The van der Waals surface area contributed by atoms with Crippen LogP contribution in [0.25, 0.3) is 12.2 Å². The molecule has 0 saturated carbocycles. The Hall–Kier alpha value is -6.49. The van der Waals surface area contributed by atoms with E-state index in [1.807, 2.05) is 0 Å². The SMILES string of the molecule is CC(=O)N(c1ccccc1/C=C/c1cc[n+]([O-])cc1)S(=O)(=O)c1ccc(CO)cc1.O=S(=O)(N=C1C=CC=CC1=CC=C1C=CN(O)C=C1)c1ccc(CO)cc1. The molecule has 1 amide bonds. The van der Waals surface area contributed by atoms with E-state index in [-0.39, 0.29) is 28.7 Å². The molecule has 0 unspecified atom stereocenters. The van der Waals surface area contributed by atoms with E-state index in [0.29, 0.717) is 32.7 Å². The molecule has 1 aromatic heterocycles. The van der Waals surface area contributed by atoms with Crippen molar-refractivity contribution in [3.8, 4) is 0 Å². The van der Waals surface area contributed by atoms with Crippen molar-refractivity contribution < 1.29 is 41.8 Å². The van der Waals surface area contributed by atoms with Crippen molar-refractivity contribution in [2.24, 2.45) is 4.40 Å². The lowest BCUT2D eigenvalue weighted by atomic mass is 10.0. The van der Waals surface area contributed by atoms with Crippen LogP contribution in [-0.2, 0) is 38.1 Å². The zero-order valence-electron chi connectivity index (χ0n) is 30.5. The molecule has 1 aliphatic heterocycles. The summed E-state index contributed by atoms with van der Waals surface area (Å²) in [5.41, 5.74) is 4.48. The predicted octanol–water partition coefficient (Wildman–Crippen LogP) is 5.74. The Bertz CT molecular complexity index is 2540. The second-order valence-electron chi connectivity index (χ2n) is 12.2. The summed E-state index contributed by atoms with van der Waals surface area (Å²) in [6.07, 6.45) is 23.0. The molecule has 292 valence electrons. The fourth-order valence-corrected chi connectivity index (χ4v) is 7.73. The Balaban J connectivity index is 0.000000219. The van der Waals surface area contributed by atoms with Gasteiger partial charge >= 0.3 is 0 Å². The Morgan fingerprint density at radius 2 is 1.35 bits per heavy atom. The quantitative estimate of drug-likeness (QED) is 0.132. The van der Waals surface area contributed by atoms with Crippen LogP contribution in [0, 0.1) is 5.21 Å². The highest BCUT2D eigenvalue weighted by molar-refractivity contribution is 7.93. The van der Waals surface area contributed by atoms with Gasteiger partial charge in [-0.15, -0.1) is 0 Å². The number of sulfonamides is 2. The summed E-state index contributed by atoms with van der Waals surface area (Å²) >= 11 is 0. The van der Waals surface area contributed by atoms with Gasteiger partial charge in [0.2, 0.25) is 5.91 Å². The summed E-state index contributed by atoms with van der Waals surface area (Å²) in [5, 5.41) is 39.6. The maximum absolute atomic E-state index is 13.2. The molecule has 0 atom stereocenters. The minimum Gasteiger partial charge on any atom is -0.619 e. The van der Waals surface area contributed by atoms with Gasteiger partial charge in [0.05, 0.1) is 34.4 Å². The zero-order valence-corrected chi connectivity index (χ0v) is 32.1. The normalized spacial score (nSPS) is 15.2. The summed E-state index contributed by atoms with van der Waals surface area (Å²) in [6.45, 7) is 0.821. The van der Waals surface area contributed by atoms with Gasteiger partial charge in [-0.05, 0) is 76.4 Å². The van der Waals surface area contributed by atoms with Crippen molar-refractivity contribution in [1.29, 1.82) is 0 Å². The number of aliphatic hydroxyl groups is 2. The topological polar surface area (TPSA) is 192 Å². The van der Waals surface area contributed by atoms with E-state index in [9.17, 15) is 37.2 Å². The lowest BCUT2D eigenvalue weighted by Crippen LogP contribution is -2.35. The standard InChI is InChI=1S/C22H20N2O5S.C20H18N2O4S/c1-17(26)24(30(28,29)21-10-7-19(16-25)8-11-21)22-5-3-2-4-20(22)9-6-18-12-14-23(27)15-13-18;23-15-17-6-9-19(10-7-17)27(25,26)21-20-4-2-1-3-18(20)8-5-16-11-13-22(24)14-12-16/h2-15,25H,16H2,1H3;1-14,23-24H,15H2/b9-6+;. The number of hydroxylamine groups is 2. The molecule has 3 aromatic carbocycles. The van der Waals surface area contributed by atoms with Gasteiger partial charge < -0.3 is 15.4 Å². The molecule has 2 heterocycles. The van der Waals surface area contributed by atoms with E-state index in [0.717, 1.165) is 20.5 Å². The molecule has 4 aromatic rings. The van der Waals surface area contributed by atoms with Gasteiger partial charge in [0.15, 0.2) is 12.4 Å². The molecule has 3 N–H and O–H groups in total. The first kappa shape index (κ1) is 41.7. The molecular weight excluding hydrogens is 769 g/mol. The molecule has 0 radical (unpaired) electrons. The molecular formula is C42H38N4O9S2. The number of aromatic nitrogens is 1. The highest BCUT2D eigenvalue weighted by Crippen LogP contribution is 2.29. The number of anilines is 1. The monoisotopic (exact) mass is 806 g/mol. The average Bonchev–Trinajstić information content (AvgIpc) is 3.21. The summed E-state index contributed by atoms with van der Waals surface area (Å²) in [6, 6.07) is 21.5. The van der Waals surface area contributed by atoms with Gasteiger partial charge in [-0.25, -0.2) is 17.8 Å². The van der Waals surface area contributed by atoms with Gasteiger partial charge in [0.25, 0.3) is 20.0 Å². The summed E-state index contributed by atoms with van der Waals surface area (Å²) in [4.78, 5) is 12.4. The smallest absolute Gasteiger partial charge is 0.282 e.